The summed E-state index contributed by atoms with van der Waals surface area (Å²) in [6, 6.07) is 0. The molecular formula is C5H11NO3S. The van der Waals surface area contributed by atoms with Gasteiger partial charge in [0, 0.05) is 0 Å². The first kappa shape index (κ1) is 7.97. The maximum atomic E-state index is 11.1. The van der Waals surface area contributed by atoms with Crippen LogP contribution in [0.5, 0.6) is 0 Å². The molecule has 1 aliphatic rings. The van der Waals surface area contributed by atoms with E-state index in [0.717, 1.165) is 0 Å². The average Bonchev–Trinajstić information content (AvgIpc) is 1.82. The van der Waals surface area contributed by atoms with Crippen molar-refractivity contribution in [3.8, 4) is 0 Å². The number of ether oxygens (including phenoxy) is 1. The molecule has 4 nitrogen and oxygen atoms in total. The maximum absolute atomic E-state index is 11.1. The Morgan fingerprint density at radius 3 is 2.10 bits per heavy atom. The van der Waals surface area contributed by atoms with Gasteiger partial charge in [-0.3, -0.25) is 0 Å². The molecule has 1 rings (SSSR count). The van der Waals surface area contributed by atoms with Crippen LogP contribution in [0, 0.1) is 0 Å². The minimum Gasteiger partial charge on any atom is -0.378 e. The minimum absolute atomic E-state index is 0.302. The van der Waals surface area contributed by atoms with E-state index in [1.54, 1.807) is 6.92 Å². The summed E-state index contributed by atoms with van der Waals surface area (Å²) < 4.78 is 28.6. The van der Waals surface area contributed by atoms with Gasteiger partial charge in [0.15, 0.2) is 0 Å². The predicted molar refractivity (Wildman–Crippen MR) is 37.2 cm³/mol. The van der Waals surface area contributed by atoms with Crippen LogP contribution < -0.4 is 4.72 Å². The van der Waals surface area contributed by atoms with Crippen molar-refractivity contribution >= 4 is 10.0 Å². The average molecular weight is 165 g/mol. The van der Waals surface area contributed by atoms with Crippen molar-refractivity contribution in [1.82, 2.24) is 4.72 Å². The summed E-state index contributed by atoms with van der Waals surface area (Å²) in [7, 11) is -1.72. The molecular weight excluding hydrogens is 154 g/mol. The monoisotopic (exact) mass is 165 g/mol. The SMILES string of the molecule is CNS(=O)(=O)C1(C)COC1. The van der Waals surface area contributed by atoms with Gasteiger partial charge in [0.1, 0.15) is 4.75 Å². The first-order valence-corrected chi connectivity index (χ1v) is 4.51. The van der Waals surface area contributed by atoms with E-state index in [0.29, 0.717) is 13.2 Å². The first-order chi connectivity index (χ1) is 4.52. The molecule has 0 unspecified atom stereocenters. The molecule has 10 heavy (non-hydrogen) atoms. The molecule has 0 radical (unpaired) electrons. The second kappa shape index (κ2) is 2.18. The first-order valence-electron chi connectivity index (χ1n) is 3.03. The highest BCUT2D eigenvalue weighted by Crippen LogP contribution is 2.24. The fraction of sp³-hybridized carbons (Fsp3) is 1.00. The lowest BCUT2D eigenvalue weighted by Crippen LogP contribution is -2.56. The lowest BCUT2D eigenvalue weighted by Gasteiger charge is -2.36. The molecule has 0 aliphatic carbocycles. The lowest BCUT2D eigenvalue weighted by molar-refractivity contribution is -0.00535. The number of nitrogens with one attached hydrogen (secondary N) is 1. The highest BCUT2D eigenvalue weighted by atomic mass is 32.2. The van der Waals surface area contributed by atoms with Gasteiger partial charge in [-0.1, -0.05) is 0 Å². The van der Waals surface area contributed by atoms with Gasteiger partial charge in [0.25, 0.3) is 0 Å². The van der Waals surface area contributed by atoms with E-state index in [2.05, 4.69) is 4.72 Å². The molecule has 0 aromatic carbocycles. The third-order valence-electron chi connectivity index (χ3n) is 1.73. The van der Waals surface area contributed by atoms with E-state index in [-0.39, 0.29) is 0 Å². The van der Waals surface area contributed by atoms with E-state index in [4.69, 9.17) is 4.74 Å². The third kappa shape index (κ3) is 0.941. The summed E-state index contributed by atoms with van der Waals surface area (Å²) in [5, 5.41) is 0. The molecule has 1 saturated heterocycles. The molecule has 0 atom stereocenters. The van der Waals surface area contributed by atoms with Crippen LogP contribution in [0.4, 0.5) is 0 Å². The van der Waals surface area contributed by atoms with E-state index in [1.165, 1.54) is 7.05 Å². The molecule has 0 aromatic rings. The number of rotatable bonds is 2. The van der Waals surface area contributed by atoms with Crippen LogP contribution in [0.25, 0.3) is 0 Å². The van der Waals surface area contributed by atoms with Gasteiger partial charge in [0.2, 0.25) is 10.0 Å². The number of hydrogen-bond donors (Lipinski definition) is 1. The highest BCUT2D eigenvalue weighted by Gasteiger charge is 2.45. The molecule has 1 heterocycles. The second-order valence-electron chi connectivity index (χ2n) is 2.65. The van der Waals surface area contributed by atoms with Crippen molar-refractivity contribution < 1.29 is 13.2 Å². The Morgan fingerprint density at radius 1 is 1.50 bits per heavy atom. The molecule has 0 bridgehead atoms. The Balaban J connectivity index is 2.82. The van der Waals surface area contributed by atoms with Gasteiger partial charge in [-0.2, -0.15) is 0 Å². The Hall–Kier alpha value is -0.130. The largest absolute Gasteiger partial charge is 0.378 e. The normalized spacial score (nSPS) is 23.8. The van der Waals surface area contributed by atoms with Crippen molar-refractivity contribution in [1.29, 1.82) is 0 Å². The molecule has 0 spiro atoms. The number of hydrogen-bond acceptors (Lipinski definition) is 3. The Kier molecular flexibility index (Phi) is 1.74. The Bertz CT molecular complexity index is 217. The van der Waals surface area contributed by atoms with Crippen LogP contribution in [-0.2, 0) is 14.8 Å². The van der Waals surface area contributed by atoms with Crippen LogP contribution in [0.3, 0.4) is 0 Å². The number of sulfonamides is 1. The minimum atomic E-state index is -3.14. The van der Waals surface area contributed by atoms with Gasteiger partial charge >= 0.3 is 0 Å². The van der Waals surface area contributed by atoms with E-state index in [9.17, 15) is 8.42 Å². The van der Waals surface area contributed by atoms with Crippen molar-refractivity contribution in [3.05, 3.63) is 0 Å². The van der Waals surface area contributed by atoms with Crippen molar-refractivity contribution in [2.45, 2.75) is 11.7 Å². The van der Waals surface area contributed by atoms with Gasteiger partial charge in [-0.05, 0) is 14.0 Å². The summed E-state index contributed by atoms with van der Waals surface area (Å²) in [5.74, 6) is 0. The molecule has 0 saturated carbocycles. The smallest absolute Gasteiger partial charge is 0.221 e. The van der Waals surface area contributed by atoms with Crippen molar-refractivity contribution in [3.63, 3.8) is 0 Å². The fourth-order valence-corrected chi connectivity index (χ4v) is 1.76. The summed E-state index contributed by atoms with van der Waals surface area (Å²) in [5.41, 5.74) is 0. The van der Waals surface area contributed by atoms with Crippen LogP contribution in [0.2, 0.25) is 0 Å². The highest BCUT2D eigenvalue weighted by molar-refractivity contribution is 7.91. The van der Waals surface area contributed by atoms with Crippen molar-refractivity contribution in [2.24, 2.45) is 0 Å². The maximum Gasteiger partial charge on any atom is 0.221 e. The zero-order valence-electron chi connectivity index (χ0n) is 6.05. The van der Waals surface area contributed by atoms with Gasteiger partial charge < -0.3 is 4.74 Å². The molecule has 1 aliphatic heterocycles. The van der Waals surface area contributed by atoms with Crippen molar-refractivity contribution in [2.75, 3.05) is 20.3 Å². The topological polar surface area (TPSA) is 55.4 Å². The van der Waals surface area contributed by atoms with Crippen LogP contribution in [0.1, 0.15) is 6.92 Å². The standard InChI is InChI=1S/C5H11NO3S/c1-5(3-9-4-5)10(7,8)6-2/h6H,3-4H2,1-2H3. The zero-order chi connectivity index (χ0) is 7.83. The Labute approximate surface area is 60.6 Å². The second-order valence-corrected chi connectivity index (χ2v) is 5.05. The van der Waals surface area contributed by atoms with Crippen LogP contribution >= 0.6 is 0 Å². The summed E-state index contributed by atoms with van der Waals surface area (Å²) in [4.78, 5) is 0. The van der Waals surface area contributed by atoms with Gasteiger partial charge in [0.05, 0.1) is 13.2 Å². The van der Waals surface area contributed by atoms with Crippen LogP contribution in [0.15, 0.2) is 0 Å². The molecule has 5 heteroatoms. The summed E-state index contributed by atoms with van der Waals surface area (Å²) in [6.45, 7) is 2.27. The summed E-state index contributed by atoms with van der Waals surface area (Å²) >= 11 is 0. The zero-order valence-corrected chi connectivity index (χ0v) is 6.86. The fourth-order valence-electron chi connectivity index (χ4n) is 0.791. The lowest BCUT2D eigenvalue weighted by atomic mass is 10.1. The third-order valence-corrected chi connectivity index (χ3v) is 3.80. The van der Waals surface area contributed by atoms with Gasteiger partial charge in [-0.25, -0.2) is 13.1 Å². The van der Waals surface area contributed by atoms with Crippen LogP contribution in [-0.4, -0.2) is 33.4 Å². The summed E-state index contributed by atoms with van der Waals surface area (Å²) in [6.07, 6.45) is 0. The van der Waals surface area contributed by atoms with E-state index < -0.39 is 14.8 Å². The van der Waals surface area contributed by atoms with E-state index in [1.807, 2.05) is 0 Å². The molecule has 1 fully saturated rings. The van der Waals surface area contributed by atoms with E-state index >= 15 is 0 Å². The molecule has 0 amide bonds. The predicted octanol–water partition coefficient (Wildman–Crippen LogP) is -0.675. The molecule has 60 valence electrons. The van der Waals surface area contributed by atoms with Gasteiger partial charge in [-0.15, -0.1) is 0 Å². The quantitative estimate of drug-likeness (QED) is 0.590. The molecule has 1 N–H and O–H groups in total. The molecule has 0 aromatic heterocycles. The Morgan fingerprint density at radius 2 is 2.00 bits per heavy atom.